The van der Waals surface area contributed by atoms with E-state index in [2.05, 4.69) is 28.3 Å². The molecule has 0 amide bonds. The highest BCUT2D eigenvalue weighted by Gasteiger charge is 2.27. The maximum Gasteiger partial charge on any atom is 0.154 e. The van der Waals surface area contributed by atoms with Crippen molar-refractivity contribution in [3.05, 3.63) is 59.4 Å². The van der Waals surface area contributed by atoms with Crippen LogP contribution in [0.4, 0.5) is 4.39 Å². The number of benzene rings is 1. The average Bonchev–Trinajstić information content (AvgIpc) is 3.17. The Morgan fingerprint density at radius 3 is 2.74 bits per heavy atom. The molecule has 1 saturated heterocycles. The Kier molecular flexibility index (Phi) is 5.07. The summed E-state index contributed by atoms with van der Waals surface area (Å²) < 4.78 is 20.8. The largest absolute Gasteiger partial charge is 0.359 e. The molecule has 142 valence electrons. The summed E-state index contributed by atoms with van der Waals surface area (Å²) in [5.74, 6) is 0.641. The van der Waals surface area contributed by atoms with Crippen LogP contribution >= 0.6 is 0 Å². The Morgan fingerprint density at radius 2 is 2.00 bits per heavy atom. The number of nitrogens with zero attached hydrogens (tertiary/aromatic N) is 4. The molecule has 1 fully saturated rings. The lowest BCUT2D eigenvalue weighted by Gasteiger charge is -2.27. The molecule has 1 aliphatic rings. The van der Waals surface area contributed by atoms with Crippen LogP contribution in [-0.4, -0.2) is 26.4 Å². The van der Waals surface area contributed by atoms with Gasteiger partial charge in [0.2, 0.25) is 0 Å². The highest BCUT2D eigenvalue weighted by Crippen LogP contribution is 2.33. The number of rotatable bonds is 4. The molecule has 0 spiro atoms. The monoisotopic (exact) mass is 368 g/mol. The van der Waals surface area contributed by atoms with Gasteiger partial charge in [-0.2, -0.15) is 5.10 Å². The molecule has 0 saturated carbocycles. The van der Waals surface area contributed by atoms with Gasteiger partial charge in [-0.05, 0) is 50.6 Å². The van der Waals surface area contributed by atoms with Crippen LogP contribution in [0, 0.1) is 12.7 Å². The number of hydrogen-bond acceptors (Lipinski definition) is 4. The zero-order chi connectivity index (χ0) is 18.8. The standard InChI is InChI=1S/C21H25FN4O/c1-15-17(13-25(2)23-15)14-26-11-5-3-4-6-20(26)21-12-19(24-27-21)16-7-9-18(22)10-8-16/h7-10,12-13,20H,3-6,11,14H2,1-2H3. The van der Waals surface area contributed by atoms with Crippen molar-refractivity contribution in [1.82, 2.24) is 19.8 Å². The molecule has 3 aromatic rings. The predicted octanol–water partition coefficient (Wildman–Crippen LogP) is 4.64. The fourth-order valence-corrected chi connectivity index (χ4v) is 3.90. The van der Waals surface area contributed by atoms with Crippen molar-refractivity contribution in [2.24, 2.45) is 7.05 Å². The molecule has 1 aromatic carbocycles. The molecule has 0 N–H and O–H groups in total. The summed E-state index contributed by atoms with van der Waals surface area (Å²) in [6.45, 7) is 3.95. The Balaban J connectivity index is 1.59. The molecule has 5 nitrogen and oxygen atoms in total. The minimum absolute atomic E-state index is 0.203. The first kappa shape index (κ1) is 17.9. The van der Waals surface area contributed by atoms with Crippen molar-refractivity contribution in [2.45, 2.75) is 45.2 Å². The molecule has 1 atom stereocenters. The Bertz CT molecular complexity index is 899. The number of likely N-dealkylation sites (tertiary alicyclic amines) is 1. The normalized spacial score (nSPS) is 18.6. The first-order valence-electron chi connectivity index (χ1n) is 9.56. The molecule has 0 radical (unpaired) electrons. The van der Waals surface area contributed by atoms with Crippen molar-refractivity contribution < 1.29 is 8.91 Å². The summed E-state index contributed by atoms with van der Waals surface area (Å²) in [6, 6.07) is 8.59. The van der Waals surface area contributed by atoms with Gasteiger partial charge in [-0.15, -0.1) is 0 Å². The van der Waals surface area contributed by atoms with Gasteiger partial charge in [0, 0.05) is 37.0 Å². The first-order valence-corrected chi connectivity index (χ1v) is 9.56. The molecule has 0 bridgehead atoms. The van der Waals surface area contributed by atoms with Crippen LogP contribution in [0.5, 0.6) is 0 Å². The van der Waals surface area contributed by atoms with E-state index in [1.807, 2.05) is 17.8 Å². The maximum absolute atomic E-state index is 13.2. The second kappa shape index (κ2) is 7.64. The van der Waals surface area contributed by atoms with Gasteiger partial charge in [-0.1, -0.05) is 18.0 Å². The van der Waals surface area contributed by atoms with Gasteiger partial charge in [0.1, 0.15) is 11.5 Å². The van der Waals surface area contributed by atoms with Crippen LogP contribution < -0.4 is 0 Å². The molecular formula is C21H25FN4O. The van der Waals surface area contributed by atoms with Gasteiger partial charge in [-0.25, -0.2) is 4.39 Å². The summed E-state index contributed by atoms with van der Waals surface area (Å²) in [5.41, 5.74) is 3.95. The van der Waals surface area contributed by atoms with Crippen molar-refractivity contribution in [2.75, 3.05) is 6.54 Å². The second-order valence-corrected chi connectivity index (χ2v) is 7.37. The molecule has 4 rings (SSSR count). The summed E-state index contributed by atoms with van der Waals surface area (Å²) in [6.07, 6.45) is 6.76. The van der Waals surface area contributed by atoms with Crippen LogP contribution in [0.3, 0.4) is 0 Å². The minimum Gasteiger partial charge on any atom is -0.359 e. The number of aromatic nitrogens is 3. The highest BCUT2D eigenvalue weighted by atomic mass is 19.1. The van der Waals surface area contributed by atoms with E-state index >= 15 is 0 Å². The van der Waals surface area contributed by atoms with Gasteiger partial charge in [-0.3, -0.25) is 9.58 Å². The topological polar surface area (TPSA) is 47.1 Å². The Labute approximate surface area is 158 Å². The van der Waals surface area contributed by atoms with Crippen molar-refractivity contribution in [3.8, 4) is 11.3 Å². The van der Waals surface area contributed by atoms with E-state index in [0.717, 1.165) is 42.2 Å². The fourth-order valence-electron chi connectivity index (χ4n) is 3.90. The number of aryl methyl sites for hydroxylation is 2. The first-order chi connectivity index (χ1) is 13.1. The fraction of sp³-hybridized carbons (Fsp3) is 0.429. The number of halogens is 1. The summed E-state index contributed by atoms with van der Waals surface area (Å²) in [4.78, 5) is 2.48. The van der Waals surface area contributed by atoms with E-state index in [0.29, 0.717) is 0 Å². The van der Waals surface area contributed by atoms with Crippen LogP contribution in [0.1, 0.15) is 48.7 Å². The van der Waals surface area contributed by atoms with E-state index in [9.17, 15) is 4.39 Å². The van der Waals surface area contributed by atoms with Crippen LogP contribution in [0.25, 0.3) is 11.3 Å². The van der Waals surface area contributed by atoms with E-state index in [-0.39, 0.29) is 11.9 Å². The zero-order valence-corrected chi connectivity index (χ0v) is 15.9. The van der Waals surface area contributed by atoms with Gasteiger partial charge in [0.25, 0.3) is 0 Å². The van der Waals surface area contributed by atoms with Crippen LogP contribution in [0.15, 0.2) is 41.1 Å². The second-order valence-electron chi connectivity index (χ2n) is 7.37. The number of hydrogen-bond donors (Lipinski definition) is 0. The van der Waals surface area contributed by atoms with Crippen LogP contribution in [-0.2, 0) is 13.6 Å². The zero-order valence-electron chi connectivity index (χ0n) is 15.9. The molecule has 1 aliphatic heterocycles. The predicted molar refractivity (Wildman–Crippen MR) is 101 cm³/mol. The molecule has 2 aromatic heterocycles. The quantitative estimate of drug-likeness (QED) is 0.673. The summed E-state index contributed by atoms with van der Waals surface area (Å²) in [7, 11) is 1.96. The smallest absolute Gasteiger partial charge is 0.154 e. The van der Waals surface area contributed by atoms with Crippen molar-refractivity contribution in [1.29, 1.82) is 0 Å². The molecule has 0 aliphatic carbocycles. The molecule has 27 heavy (non-hydrogen) atoms. The SMILES string of the molecule is Cc1nn(C)cc1CN1CCCCCC1c1cc(-c2ccc(F)cc2)no1. The molecule has 1 unspecified atom stereocenters. The van der Waals surface area contributed by atoms with Gasteiger partial charge in [0.15, 0.2) is 5.76 Å². The molecule has 6 heteroatoms. The van der Waals surface area contributed by atoms with Crippen molar-refractivity contribution in [3.63, 3.8) is 0 Å². The average molecular weight is 368 g/mol. The van der Waals surface area contributed by atoms with Crippen molar-refractivity contribution >= 4 is 0 Å². The third-order valence-electron chi connectivity index (χ3n) is 5.35. The summed E-state index contributed by atoms with van der Waals surface area (Å²) >= 11 is 0. The van der Waals surface area contributed by atoms with E-state index < -0.39 is 0 Å². The molecule has 3 heterocycles. The lowest BCUT2D eigenvalue weighted by molar-refractivity contribution is 0.160. The highest BCUT2D eigenvalue weighted by molar-refractivity contribution is 5.58. The van der Waals surface area contributed by atoms with Gasteiger partial charge >= 0.3 is 0 Å². The lowest BCUT2D eigenvalue weighted by Crippen LogP contribution is -2.28. The van der Waals surface area contributed by atoms with E-state index in [1.165, 1.54) is 37.0 Å². The van der Waals surface area contributed by atoms with Gasteiger partial charge < -0.3 is 4.52 Å². The molecular weight excluding hydrogens is 343 g/mol. The van der Waals surface area contributed by atoms with E-state index in [4.69, 9.17) is 4.52 Å². The van der Waals surface area contributed by atoms with Crippen LogP contribution in [0.2, 0.25) is 0 Å². The minimum atomic E-state index is -0.246. The Morgan fingerprint density at radius 1 is 1.19 bits per heavy atom. The van der Waals surface area contributed by atoms with E-state index in [1.54, 1.807) is 12.1 Å². The lowest BCUT2D eigenvalue weighted by atomic mass is 10.0. The Hall–Kier alpha value is -2.47. The third-order valence-corrected chi connectivity index (χ3v) is 5.35. The van der Waals surface area contributed by atoms with Gasteiger partial charge in [0.05, 0.1) is 11.7 Å². The maximum atomic E-state index is 13.2. The third kappa shape index (κ3) is 3.95. The summed E-state index contributed by atoms with van der Waals surface area (Å²) in [5, 5.41) is 8.72.